The molecule has 2 nitrogen and oxygen atoms in total. The van der Waals surface area contributed by atoms with Crippen molar-refractivity contribution in [1.29, 1.82) is 0 Å². The van der Waals surface area contributed by atoms with Gasteiger partial charge in [-0.3, -0.25) is 4.68 Å². The van der Waals surface area contributed by atoms with Gasteiger partial charge in [0.1, 0.15) is 0 Å². The number of fused-ring (bicyclic) bond motifs is 1. The van der Waals surface area contributed by atoms with Crippen LogP contribution < -0.4 is 0 Å². The number of alkyl halides is 2. The summed E-state index contributed by atoms with van der Waals surface area (Å²) < 4.78 is 28.1. The normalized spacial score (nSPS) is 19.9. The molecule has 0 unspecified atom stereocenters. The number of benzene rings is 1. The highest BCUT2D eigenvalue weighted by Gasteiger charge is 2.46. The van der Waals surface area contributed by atoms with E-state index in [1.165, 1.54) is 0 Å². The number of aromatic nitrogens is 2. The lowest BCUT2D eigenvalue weighted by Crippen LogP contribution is -2.37. The van der Waals surface area contributed by atoms with Crippen molar-refractivity contribution in [1.82, 2.24) is 9.78 Å². The highest BCUT2D eigenvalue weighted by molar-refractivity contribution is 9.10. The number of hydrogen-bond acceptors (Lipinski definition) is 1. The van der Waals surface area contributed by atoms with Crippen molar-refractivity contribution in [3.05, 3.63) is 28.9 Å². The topological polar surface area (TPSA) is 17.8 Å². The lowest BCUT2D eigenvalue weighted by atomic mass is 9.88. The predicted molar refractivity (Wildman–Crippen MR) is 60.7 cm³/mol. The van der Waals surface area contributed by atoms with Gasteiger partial charge in [-0.05, 0) is 18.2 Å². The maximum atomic E-state index is 12.7. The molecule has 1 aliphatic carbocycles. The molecule has 0 amide bonds. The molecule has 1 aromatic heterocycles. The summed E-state index contributed by atoms with van der Waals surface area (Å²) in [5, 5.41) is 5.28. The van der Waals surface area contributed by atoms with Gasteiger partial charge >= 0.3 is 0 Å². The summed E-state index contributed by atoms with van der Waals surface area (Å²) in [7, 11) is 0. The second-order valence-electron chi connectivity index (χ2n) is 4.23. The molecule has 0 atom stereocenters. The van der Waals surface area contributed by atoms with Gasteiger partial charge in [0, 0.05) is 28.9 Å². The van der Waals surface area contributed by atoms with E-state index < -0.39 is 5.92 Å². The van der Waals surface area contributed by atoms with Crippen molar-refractivity contribution in [2.45, 2.75) is 24.8 Å². The third-order valence-corrected chi connectivity index (χ3v) is 3.42. The smallest absolute Gasteiger partial charge is 0.252 e. The van der Waals surface area contributed by atoms with E-state index in [4.69, 9.17) is 0 Å². The molecule has 16 heavy (non-hydrogen) atoms. The van der Waals surface area contributed by atoms with Gasteiger partial charge in [0.15, 0.2) is 0 Å². The van der Waals surface area contributed by atoms with E-state index in [0.29, 0.717) is 0 Å². The zero-order valence-corrected chi connectivity index (χ0v) is 9.92. The highest BCUT2D eigenvalue weighted by Crippen LogP contribution is 2.45. The molecule has 0 saturated heterocycles. The first-order valence-corrected chi connectivity index (χ1v) is 5.85. The van der Waals surface area contributed by atoms with Crippen molar-refractivity contribution in [2.75, 3.05) is 0 Å². The summed E-state index contributed by atoms with van der Waals surface area (Å²) in [6.07, 6.45) is 1.64. The van der Waals surface area contributed by atoms with Crippen LogP contribution in [0.2, 0.25) is 0 Å². The van der Waals surface area contributed by atoms with E-state index in [1.807, 2.05) is 24.4 Å². The lowest BCUT2D eigenvalue weighted by molar-refractivity contribution is -0.106. The van der Waals surface area contributed by atoms with Crippen molar-refractivity contribution >= 4 is 26.8 Å². The Balaban J connectivity index is 1.95. The van der Waals surface area contributed by atoms with Crippen LogP contribution in [0.4, 0.5) is 8.78 Å². The minimum absolute atomic E-state index is 0.0951. The predicted octanol–water partition coefficient (Wildman–Crippen LogP) is 3.77. The van der Waals surface area contributed by atoms with E-state index in [9.17, 15) is 8.78 Å². The Bertz CT molecular complexity index is 542. The van der Waals surface area contributed by atoms with E-state index in [2.05, 4.69) is 21.0 Å². The van der Waals surface area contributed by atoms with Gasteiger partial charge in [-0.2, -0.15) is 5.10 Å². The molecule has 1 aliphatic rings. The van der Waals surface area contributed by atoms with Crippen LogP contribution in [0.15, 0.2) is 28.9 Å². The Morgan fingerprint density at radius 2 is 2.12 bits per heavy atom. The van der Waals surface area contributed by atoms with Gasteiger partial charge in [0.25, 0.3) is 5.92 Å². The first-order chi connectivity index (χ1) is 7.53. The maximum Gasteiger partial charge on any atom is 0.252 e. The second kappa shape index (κ2) is 3.26. The van der Waals surface area contributed by atoms with Crippen LogP contribution in [0, 0.1) is 0 Å². The Hall–Kier alpha value is -0.970. The van der Waals surface area contributed by atoms with Crippen molar-refractivity contribution in [2.24, 2.45) is 0 Å². The second-order valence-corrected chi connectivity index (χ2v) is 5.15. The molecule has 0 radical (unpaired) electrons. The average molecular weight is 287 g/mol. The average Bonchev–Trinajstić information content (AvgIpc) is 2.56. The summed E-state index contributed by atoms with van der Waals surface area (Å²) in [6, 6.07) is 5.57. The lowest BCUT2D eigenvalue weighted by Gasteiger charge is -2.34. The first-order valence-electron chi connectivity index (χ1n) is 5.06. The van der Waals surface area contributed by atoms with Crippen LogP contribution in [-0.4, -0.2) is 15.7 Å². The molecular formula is C11H9BrF2N2. The molecular weight excluding hydrogens is 278 g/mol. The quantitative estimate of drug-likeness (QED) is 0.780. The molecule has 84 valence electrons. The maximum absolute atomic E-state index is 12.7. The van der Waals surface area contributed by atoms with Crippen LogP contribution in [0.3, 0.4) is 0 Å². The van der Waals surface area contributed by atoms with Gasteiger partial charge in [-0.25, -0.2) is 8.78 Å². The first kappa shape index (κ1) is 10.2. The number of hydrogen-bond donors (Lipinski definition) is 0. The van der Waals surface area contributed by atoms with Crippen molar-refractivity contribution in [3.8, 4) is 0 Å². The zero-order chi connectivity index (χ0) is 11.3. The molecule has 3 rings (SSSR count). The summed E-state index contributed by atoms with van der Waals surface area (Å²) in [5.74, 6) is -2.50. The number of nitrogens with zero attached hydrogens (tertiary/aromatic N) is 2. The summed E-state index contributed by atoms with van der Waals surface area (Å²) in [6.45, 7) is 0. The molecule has 1 aromatic carbocycles. The molecule has 5 heteroatoms. The molecule has 1 heterocycles. The molecule has 0 N–H and O–H groups in total. The number of rotatable bonds is 1. The third-order valence-electron chi connectivity index (χ3n) is 2.93. The van der Waals surface area contributed by atoms with Crippen LogP contribution >= 0.6 is 15.9 Å². The fraction of sp³-hybridized carbons (Fsp3) is 0.364. The molecule has 0 aliphatic heterocycles. The van der Waals surface area contributed by atoms with Gasteiger partial charge in [-0.1, -0.05) is 15.9 Å². The van der Waals surface area contributed by atoms with Crippen LogP contribution in [0.25, 0.3) is 10.9 Å². The van der Waals surface area contributed by atoms with Gasteiger partial charge < -0.3 is 0 Å². The highest BCUT2D eigenvalue weighted by atomic mass is 79.9. The summed E-state index contributed by atoms with van der Waals surface area (Å²) >= 11 is 3.37. The van der Waals surface area contributed by atoms with E-state index in [-0.39, 0.29) is 18.9 Å². The van der Waals surface area contributed by atoms with Crippen molar-refractivity contribution in [3.63, 3.8) is 0 Å². The fourth-order valence-electron chi connectivity index (χ4n) is 2.02. The Kier molecular flexibility index (Phi) is 2.08. The minimum Gasteiger partial charge on any atom is -0.268 e. The van der Waals surface area contributed by atoms with E-state index in [0.717, 1.165) is 15.4 Å². The Labute approximate surface area is 99.4 Å². The monoisotopic (exact) mass is 286 g/mol. The van der Waals surface area contributed by atoms with Crippen LogP contribution in [-0.2, 0) is 0 Å². The molecule has 2 aromatic rings. The van der Waals surface area contributed by atoms with Gasteiger partial charge in [0.05, 0.1) is 11.6 Å². The Morgan fingerprint density at radius 1 is 1.38 bits per heavy atom. The minimum atomic E-state index is -2.50. The van der Waals surface area contributed by atoms with E-state index in [1.54, 1.807) is 4.68 Å². The summed E-state index contributed by atoms with van der Waals surface area (Å²) in [4.78, 5) is 0. The molecule has 1 saturated carbocycles. The van der Waals surface area contributed by atoms with Crippen molar-refractivity contribution < 1.29 is 8.78 Å². The zero-order valence-electron chi connectivity index (χ0n) is 8.33. The van der Waals surface area contributed by atoms with Gasteiger partial charge in [-0.15, -0.1) is 0 Å². The van der Waals surface area contributed by atoms with Crippen LogP contribution in [0.5, 0.6) is 0 Å². The summed E-state index contributed by atoms with van der Waals surface area (Å²) in [5.41, 5.74) is 0.846. The molecule has 0 spiro atoms. The van der Waals surface area contributed by atoms with Gasteiger partial charge in [0.2, 0.25) is 0 Å². The Morgan fingerprint density at radius 3 is 2.81 bits per heavy atom. The fourth-order valence-corrected chi connectivity index (χ4v) is 2.40. The van der Waals surface area contributed by atoms with Crippen LogP contribution in [0.1, 0.15) is 18.9 Å². The molecule has 1 fully saturated rings. The number of halogens is 3. The molecule has 0 bridgehead atoms. The standard InChI is InChI=1S/C11H9BrF2N2/c12-8-1-2-10-7(3-8)6-16(15-10)9-4-11(13,14)5-9/h1-3,6,9H,4-5H2. The van der Waals surface area contributed by atoms with E-state index >= 15 is 0 Å². The largest absolute Gasteiger partial charge is 0.268 e. The SMILES string of the molecule is FC1(F)CC(n2cc3cc(Br)ccc3n2)C1. The third kappa shape index (κ3) is 1.63.